The highest BCUT2D eigenvalue weighted by molar-refractivity contribution is 5.93. The first-order valence-corrected chi connectivity index (χ1v) is 9.82. The Morgan fingerprint density at radius 1 is 1.19 bits per heavy atom. The third kappa shape index (κ3) is 6.69. The van der Waals surface area contributed by atoms with Gasteiger partial charge in [0.2, 0.25) is 5.91 Å². The number of rotatable bonds is 9. The van der Waals surface area contributed by atoms with Gasteiger partial charge in [-0.3, -0.25) is 14.6 Å². The van der Waals surface area contributed by atoms with Crippen molar-refractivity contribution in [1.82, 2.24) is 9.80 Å². The number of nitrogens with zero attached hydrogens (tertiary/aromatic N) is 2. The Bertz CT molecular complexity index is 1200. The number of piperazine rings is 1. The molecule has 1 atom stereocenters. The molecule has 31 heavy (non-hydrogen) atoms. The molecule has 0 aliphatic carbocycles. The quantitative estimate of drug-likeness (QED) is 0.627. The predicted octanol–water partition coefficient (Wildman–Crippen LogP) is 2.31. The summed E-state index contributed by atoms with van der Waals surface area (Å²) in [6.45, 7) is -5.10. The monoisotopic (exact) mass is 437 g/mol. The average Bonchev–Trinajstić information content (AvgIpc) is 2.85. The molecule has 3 rings (SSSR count). The van der Waals surface area contributed by atoms with Gasteiger partial charge >= 0.3 is 0 Å². The Morgan fingerprint density at radius 2 is 1.84 bits per heavy atom. The molecule has 1 aliphatic heterocycles. The number of aliphatic hydroxyl groups is 1. The SMILES string of the molecule is [2H]c1c([2H])c(C([2H])([2H])[2H])c(NC(=O)CN2CCN(CC([2H])(O)COc3ccccc3OC)CC2)c(C([2H])([2H])[2H])c1[2H]. The van der Waals surface area contributed by atoms with E-state index in [0.717, 1.165) is 0 Å². The molecular weight excluding hydrogens is 394 g/mol. The van der Waals surface area contributed by atoms with Crippen molar-refractivity contribution >= 4 is 11.6 Å². The third-order valence-electron chi connectivity index (χ3n) is 4.84. The minimum atomic E-state index is -3.02. The second-order valence-corrected chi connectivity index (χ2v) is 7.11. The van der Waals surface area contributed by atoms with Crippen LogP contribution in [0.15, 0.2) is 42.4 Å². The van der Waals surface area contributed by atoms with E-state index < -0.39 is 60.6 Å². The van der Waals surface area contributed by atoms with Crippen LogP contribution in [0.5, 0.6) is 11.5 Å². The number of methoxy groups -OCH3 is 1. The largest absolute Gasteiger partial charge is 0.493 e. The Hall–Kier alpha value is -2.61. The van der Waals surface area contributed by atoms with E-state index in [2.05, 4.69) is 5.32 Å². The lowest BCUT2D eigenvalue weighted by atomic mass is 10.1. The van der Waals surface area contributed by atoms with E-state index in [9.17, 15) is 9.90 Å². The molecule has 2 aromatic carbocycles. The molecule has 0 aromatic heterocycles. The molecule has 1 amide bonds. The van der Waals surface area contributed by atoms with Gasteiger partial charge in [0, 0.05) is 46.6 Å². The number of carbonyl (C=O) groups is 1. The highest BCUT2D eigenvalue weighted by Crippen LogP contribution is 2.25. The minimum Gasteiger partial charge on any atom is -0.493 e. The summed E-state index contributed by atoms with van der Waals surface area (Å²) in [5, 5.41) is 12.9. The van der Waals surface area contributed by atoms with Gasteiger partial charge in [-0.2, -0.15) is 0 Å². The number of amides is 1. The van der Waals surface area contributed by atoms with Crippen molar-refractivity contribution in [2.45, 2.75) is 19.8 Å². The molecule has 0 spiro atoms. The number of anilines is 1. The van der Waals surface area contributed by atoms with E-state index in [1.54, 1.807) is 29.2 Å². The van der Waals surface area contributed by atoms with E-state index in [0.29, 0.717) is 37.7 Å². The first kappa shape index (κ1) is 13.1. The van der Waals surface area contributed by atoms with Crippen molar-refractivity contribution in [2.24, 2.45) is 0 Å². The smallest absolute Gasteiger partial charge is 0.238 e. The van der Waals surface area contributed by atoms with Crippen LogP contribution in [0.1, 0.15) is 24.8 Å². The molecule has 1 unspecified atom stereocenters. The molecular formula is C24H33N3O4. The molecule has 7 heteroatoms. The lowest BCUT2D eigenvalue weighted by molar-refractivity contribution is -0.117. The zero-order chi connectivity index (χ0) is 30.8. The van der Waals surface area contributed by atoms with Crippen LogP contribution in [0.25, 0.3) is 0 Å². The fourth-order valence-electron chi connectivity index (χ4n) is 3.22. The standard InChI is InChI=1S/C24H33N3O4/c1-18-7-6-8-19(2)24(18)25-23(29)16-27-13-11-26(12-14-27)15-20(28)17-31-22-10-5-4-9-21(22)30-3/h4-10,20,28H,11-17H2,1-3H3,(H,25,29)/i1D3,2D3,6D,7D,8D,20D. The van der Waals surface area contributed by atoms with Gasteiger partial charge in [-0.15, -0.1) is 0 Å². The van der Waals surface area contributed by atoms with Crippen LogP contribution in [0, 0.1) is 13.7 Å². The lowest BCUT2D eigenvalue weighted by Crippen LogP contribution is -2.50. The van der Waals surface area contributed by atoms with Gasteiger partial charge in [0.1, 0.15) is 12.7 Å². The summed E-state index contributed by atoms with van der Waals surface area (Å²) in [6.07, 6.45) is -1.93. The van der Waals surface area contributed by atoms with Crippen LogP contribution in [-0.2, 0) is 4.79 Å². The van der Waals surface area contributed by atoms with E-state index in [1.165, 1.54) is 7.11 Å². The minimum absolute atomic E-state index is 0.0237. The molecule has 168 valence electrons. The zero-order valence-electron chi connectivity index (χ0n) is 27.3. The lowest BCUT2D eigenvalue weighted by Gasteiger charge is -2.35. The number of para-hydroxylation sites is 3. The molecule has 1 saturated heterocycles. The summed E-state index contributed by atoms with van der Waals surface area (Å²) in [4.78, 5) is 16.5. The predicted molar refractivity (Wildman–Crippen MR) is 122 cm³/mol. The Kier molecular flexibility index (Phi) is 4.69. The third-order valence-corrected chi connectivity index (χ3v) is 4.84. The summed E-state index contributed by atoms with van der Waals surface area (Å²) < 4.78 is 89.7. The van der Waals surface area contributed by atoms with Crippen molar-refractivity contribution in [1.29, 1.82) is 0 Å². The molecule has 1 fully saturated rings. The van der Waals surface area contributed by atoms with Gasteiger partial charge in [-0.25, -0.2) is 0 Å². The normalized spacial score (nSPS) is 22.5. The first-order valence-electron chi connectivity index (χ1n) is 14.8. The molecule has 7 nitrogen and oxygen atoms in total. The average molecular weight is 438 g/mol. The number of hydrogen-bond acceptors (Lipinski definition) is 6. The molecule has 2 N–H and O–H groups in total. The first-order chi connectivity index (χ1) is 18.9. The highest BCUT2D eigenvalue weighted by atomic mass is 16.5. The fourth-order valence-corrected chi connectivity index (χ4v) is 3.22. The maximum atomic E-state index is 12.9. The molecule has 0 bridgehead atoms. The van der Waals surface area contributed by atoms with Crippen LogP contribution >= 0.6 is 0 Å². The number of carbonyl (C=O) groups excluding carboxylic acids is 1. The summed E-state index contributed by atoms with van der Waals surface area (Å²) in [5.74, 6) is 0.126. The van der Waals surface area contributed by atoms with E-state index in [4.69, 9.17) is 23.2 Å². The van der Waals surface area contributed by atoms with Crippen molar-refractivity contribution in [3.8, 4) is 11.5 Å². The zero-order valence-corrected chi connectivity index (χ0v) is 17.3. The van der Waals surface area contributed by atoms with Crippen LogP contribution in [0.4, 0.5) is 5.69 Å². The summed E-state index contributed by atoms with van der Waals surface area (Å²) in [5.41, 5.74) is -2.25. The van der Waals surface area contributed by atoms with Crippen molar-refractivity contribution in [3.63, 3.8) is 0 Å². The molecule has 0 radical (unpaired) electrons. The van der Waals surface area contributed by atoms with Gasteiger partial charge < -0.3 is 19.9 Å². The molecule has 0 saturated carbocycles. The Labute approximate surface area is 198 Å². The van der Waals surface area contributed by atoms with Gasteiger partial charge in [0.25, 0.3) is 0 Å². The Balaban J connectivity index is 1.63. The maximum absolute atomic E-state index is 12.9. The van der Waals surface area contributed by atoms with Gasteiger partial charge in [-0.1, -0.05) is 30.3 Å². The van der Waals surface area contributed by atoms with Crippen LogP contribution in [0.3, 0.4) is 0 Å². The molecule has 1 aliphatic rings. The fraction of sp³-hybridized carbons (Fsp3) is 0.458. The van der Waals surface area contributed by atoms with Gasteiger partial charge in [-0.05, 0) is 37.0 Å². The van der Waals surface area contributed by atoms with Gasteiger partial charge in [0.15, 0.2) is 11.5 Å². The van der Waals surface area contributed by atoms with Crippen molar-refractivity contribution in [2.75, 3.05) is 58.3 Å². The molecule has 2 aromatic rings. The second-order valence-electron chi connectivity index (χ2n) is 7.11. The number of ether oxygens (including phenoxy) is 2. The van der Waals surface area contributed by atoms with Crippen LogP contribution in [0.2, 0.25) is 0 Å². The van der Waals surface area contributed by atoms with E-state index >= 15 is 0 Å². The van der Waals surface area contributed by atoms with Crippen molar-refractivity contribution in [3.05, 3.63) is 53.5 Å². The van der Waals surface area contributed by atoms with E-state index in [-0.39, 0.29) is 19.7 Å². The number of benzene rings is 2. The highest BCUT2D eigenvalue weighted by Gasteiger charge is 2.21. The van der Waals surface area contributed by atoms with Crippen LogP contribution < -0.4 is 14.8 Å². The van der Waals surface area contributed by atoms with Crippen molar-refractivity contribution < 1.29 is 33.1 Å². The number of hydrogen-bond donors (Lipinski definition) is 2. The van der Waals surface area contributed by atoms with Gasteiger partial charge in [0.05, 0.1) is 19.1 Å². The summed E-state index contributed by atoms with van der Waals surface area (Å²) >= 11 is 0. The van der Waals surface area contributed by atoms with E-state index in [1.807, 2.05) is 4.90 Å². The second kappa shape index (κ2) is 11.1. The summed E-state index contributed by atoms with van der Waals surface area (Å²) in [7, 11) is 1.49. The van der Waals surface area contributed by atoms with Crippen LogP contribution in [-0.4, -0.2) is 79.9 Å². The number of β-amino-alcohol motifs (C(OH)–C–C–N with tert-alkyl or cyclic N) is 1. The Morgan fingerprint density at radius 3 is 2.48 bits per heavy atom. The number of nitrogens with one attached hydrogen (secondary N) is 1. The molecule has 1 heterocycles. The maximum Gasteiger partial charge on any atom is 0.238 e. The summed E-state index contributed by atoms with van der Waals surface area (Å²) in [6, 6.07) is 4.34. The topological polar surface area (TPSA) is 74.3 Å².